The number of carbonyl (C=O) groups excluding carboxylic acids is 4. The Labute approximate surface area is 171 Å². The van der Waals surface area contributed by atoms with E-state index in [-0.39, 0.29) is 12.3 Å². The lowest BCUT2D eigenvalue weighted by molar-refractivity contribution is -0.133. The maximum atomic E-state index is 12.3. The summed E-state index contributed by atoms with van der Waals surface area (Å²) in [5.74, 6) is -2.21. The van der Waals surface area contributed by atoms with Crippen LogP contribution in [0.5, 0.6) is 0 Å². The van der Waals surface area contributed by atoms with Gasteiger partial charge in [0.1, 0.15) is 18.1 Å². The number of rotatable bonds is 15. The third-order valence-electron chi connectivity index (χ3n) is 4.27. The number of likely N-dealkylation sites (N-methyl/N-ethyl adjacent to an activating group) is 1. The molecule has 0 aromatic carbocycles. The molecule has 4 atom stereocenters. The largest absolute Gasteiger partial charge is 0.394 e. The maximum Gasteiger partial charge on any atom is 0.245 e. The van der Waals surface area contributed by atoms with Gasteiger partial charge in [0.25, 0.3) is 0 Å². The topological polar surface area (TPSA) is 183 Å². The molecule has 11 heteroatoms. The molecule has 0 aliphatic heterocycles. The molecule has 0 heterocycles. The van der Waals surface area contributed by atoms with Gasteiger partial charge in [0, 0.05) is 13.0 Å². The summed E-state index contributed by atoms with van der Waals surface area (Å²) in [7, 11) is 1.47. The van der Waals surface area contributed by atoms with Crippen molar-refractivity contribution in [2.45, 2.75) is 70.2 Å². The van der Waals surface area contributed by atoms with E-state index in [1.54, 1.807) is 0 Å². The number of amides is 4. The normalized spacial score (nSPS) is 14.9. The van der Waals surface area contributed by atoms with Crippen LogP contribution in [-0.2, 0) is 19.2 Å². The highest BCUT2D eigenvalue weighted by Crippen LogP contribution is 2.02. The molecule has 4 amide bonds. The summed E-state index contributed by atoms with van der Waals surface area (Å²) in [5, 5.41) is 29.1. The summed E-state index contributed by atoms with van der Waals surface area (Å²) in [6, 6.07) is -3.24. The van der Waals surface area contributed by atoms with Gasteiger partial charge in [0.2, 0.25) is 23.6 Å². The molecule has 0 saturated carbocycles. The molecular weight excluding hydrogens is 382 g/mol. The zero-order valence-corrected chi connectivity index (χ0v) is 17.4. The average Bonchev–Trinajstić information content (AvgIpc) is 2.64. The first kappa shape index (κ1) is 26.8. The number of nitrogens with two attached hydrogens (primary N) is 1. The van der Waals surface area contributed by atoms with Crippen LogP contribution in [0.3, 0.4) is 0 Å². The summed E-state index contributed by atoms with van der Waals surface area (Å²) in [4.78, 5) is 47.4. The van der Waals surface area contributed by atoms with Crippen LogP contribution in [0.25, 0.3) is 0 Å². The van der Waals surface area contributed by atoms with Crippen molar-refractivity contribution in [2.75, 3.05) is 20.2 Å². The fourth-order valence-electron chi connectivity index (χ4n) is 2.62. The lowest BCUT2D eigenvalue weighted by Crippen LogP contribution is -2.58. The number of hydrogen-bond acceptors (Lipinski definition) is 7. The number of aliphatic hydroxyl groups excluding tert-OH is 2. The van der Waals surface area contributed by atoms with Crippen LogP contribution >= 0.6 is 0 Å². The molecule has 0 fully saturated rings. The van der Waals surface area contributed by atoms with Crippen molar-refractivity contribution < 1.29 is 29.4 Å². The fourth-order valence-corrected chi connectivity index (χ4v) is 2.62. The van der Waals surface area contributed by atoms with Gasteiger partial charge in [-0.15, -0.1) is 0 Å². The maximum absolute atomic E-state index is 12.3. The van der Waals surface area contributed by atoms with E-state index in [1.165, 1.54) is 14.0 Å². The molecule has 0 aromatic rings. The van der Waals surface area contributed by atoms with Crippen molar-refractivity contribution in [1.29, 1.82) is 0 Å². The molecule has 0 saturated heterocycles. The molecule has 0 spiro atoms. The van der Waals surface area contributed by atoms with E-state index < -0.39 is 48.6 Å². The lowest BCUT2D eigenvalue weighted by atomic mass is 10.1. The van der Waals surface area contributed by atoms with Crippen molar-refractivity contribution >= 4 is 23.6 Å². The second-order valence-corrected chi connectivity index (χ2v) is 6.81. The van der Waals surface area contributed by atoms with Gasteiger partial charge in [-0.25, -0.2) is 0 Å². The molecule has 0 bridgehead atoms. The van der Waals surface area contributed by atoms with Gasteiger partial charge in [0.15, 0.2) is 0 Å². The smallest absolute Gasteiger partial charge is 0.245 e. The third kappa shape index (κ3) is 10.8. The van der Waals surface area contributed by atoms with Crippen LogP contribution in [0, 0.1) is 0 Å². The minimum atomic E-state index is -1.30. The summed E-state index contributed by atoms with van der Waals surface area (Å²) in [6.45, 7) is 3.08. The fraction of sp³-hybridized carbons (Fsp3) is 0.778. The van der Waals surface area contributed by atoms with Gasteiger partial charge in [-0.1, -0.05) is 6.92 Å². The number of nitrogens with one attached hydrogen (secondary N) is 4. The molecule has 0 rings (SSSR count). The van der Waals surface area contributed by atoms with Gasteiger partial charge < -0.3 is 37.2 Å². The monoisotopic (exact) mass is 417 g/mol. The van der Waals surface area contributed by atoms with E-state index in [1.807, 2.05) is 6.92 Å². The van der Waals surface area contributed by atoms with Gasteiger partial charge in [-0.2, -0.15) is 0 Å². The molecule has 0 aromatic heterocycles. The number of aliphatic hydroxyl groups is 2. The quantitative estimate of drug-likeness (QED) is 0.143. The van der Waals surface area contributed by atoms with E-state index in [0.717, 1.165) is 6.42 Å². The third-order valence-corrected chi connectivity index (χ3v) is 4.27. The summed E-state index contributed by atoms with van der Waals surface area (Å²) in [5.41, 5.74) is 5.32. The Morgan fingerprint density at radius 1 is 1.03 bits per heavy atom. The summed E-state index contributed by atoms with van der Waals surface area (Å²) >= 11 is 0. The molecule has 29 heavy (non-hydrogen) atoms. The van der Waals surface area contributed by atoms with Gasteiger partial charge >= 0.3 is 0 Å². The first-order chi connectivity index (χ1) is 13.7. The van der Waals surface area contributed by atoms with E-state index in [4.69, 9.17) is 5.73 Å². The van der Waals surface area contributed by atoms with Crippen LogP contribution in [0.1, 0.15) is 46.0 Å². The zero-order chi connectivity index (χ0) is 22.4. The standard InChI is InChI=1S/C18H35N5O6/c1-4-7-14(26)21-9-6-5-8-12(16(19)27)22-17(28)13(10-24)23-18(29)15(20-3)11(2)25/h11-13,15,20,24-25H,4-10H2,1-3H3,(H2,19,27)(H,21,26)(H,22,28)(H,23,29)/t11?,12-,13-,15-/m0/s1. The Kier molecular flexibility index (Phi) is 13.6. The van der Waals surface area contributed by atoms with Crippen molar-refractivity contribution in [3.05, 3.63) is 0 Å². The molecule has 8 N–H and O–H groups in total. The molecule has 0 radical (unpaired) electrons. The Morgan fingerprint density at radius 3 is 2.14 bits per heavy atom. The molecule has 1 unspecified atom stereocenters. The number of carbonyl (C=O) groups is 4. The Morgan fingerprint density at radius 2 is 1.66 bits per heavy atom. The van der Waals surface area contributed by atoms with E-state index in [2.05, 4.69) is 21.3 Å². The number of hydrogen-bond donors (Lipinski definition) is 7. The second-order valence-electron chi connectivity index (χ2n) is 6.81. The highest BCUT2D eigenvalue weighted by atomic mass is 16.3. The summed E-state index contributed by atoms with van der Waals surface area (Å²) in [6.07, 6.45) is 1.59. The molecule has 11 nitrogen and oxygen atoms in total. The molecule has 168 valence electrons. The lowest BCUT2D eigenvalue weighted by Gasteiger charge is -2.24. The second kappa shape index (κ2) is 14.7. The van der Waals surface area contributed by atoms with Crippen LogP contribution in [0.4, 0.5) is 0 Å². The van der Waals surface area contributed by atoms with Crippen LogP contribution in [0.2, 0.25) is 0 Å². The zero-order valence-electron chi connectivity index (χ0n) is 17.4. The Balaban J connectivity index is 4.60. The number of primary amides is 1. The minimum Gasteiger partial charge on any atom is -0.394 e. The molecular formula is C18H35N5O6. The van der Waals surface area contributed by atoms with Crippen LogP contribution in [-0.4, -0.2) is 78.3 Å². The Hall–Kier alpha value is -2.24. The average molecular weight is 418 g/mol. The van der Waals surface area contributed by atoms with E-state index >= 15 is 0 Å². The predicted molar refractivity (Wildman–Crippen MR) is 106 cm³/mol. The number of unbranched alkanes of at least 4 members (excludes halogenated alkanes) is 1. The van der Waals surface area contributed by atoms with Gasteiger partial charge in [-0.05, 0) is 39.7 Å². The Bertz CT molecular complexity index is 543. The predicted octanol–water partition coefficient (Wildman–Crippen LogP) is -2.51. The van der Waals surface area contributed by atoms with Crippen LogP contribution in [0.15, 0.2) is 0 Å². The van der Waals surface area contributed by atoms with Gasteiger partial charge in [0.05, 0.1) is 12.7 Å². The first-order valence-corrected chi connectivity index (χ1v) is 9.80. The minimum absolute atomic E-state index is 0.0362. The van der Waals surface area contributed by atoms with Crippen molar-refractivity contribution in [3.63, 3.8) is 0 Å². The SMILES string of the molecule is CCCC(=O)NCCCC[C@H](NC(=O)[C@H](CO)NC(=O)[C@@H](NC)C(C)O)C(N)=O. The molecule has 0 aliphatic rings. The van der Waals surface area contributed by atoms with Crippen molar-refractivity contribution in [1.82, 2.24) is 21.3 Å². The first-order valence-electron chi connectivity index (χ1n) is 9.80. The van der Waals surface area contributed by atoms with Crippen molar-refractivity contribution in [3.8, 4) is 0 Å². The van der Waals surface area contributed by atoms with Crippen LogP contribution < -0.4 is 27.0 Å². The van der Waals surface area contributed by atoms with E-state index in [0.29, 0.717) is 25.8 Å². The summed E-state index contributed by atoms with van der Waals surface area (Å²) < 4.78 is 0. The highest BCUT2D eigenvalue weighted by Gasteiger charge is 2.28. The van der Waals surface area contributed by atoms with Gasteiger partial charge in [-0.3, -0.25) is 19.2 Å². The molecule has 0 aliphatic carbocycles. The van der Waals surface area contributed by atoms with Crippen molar-refractivity contribution in [2.24, 2.45) is 5.73 Å². The highest BCUT2D eigenvalue weighted by molar-refractivity contribution is 5.92. The van der Waals surface area contributed by atoms with E-state index in [9.17, 15) is 29.4 Å².